The van der Waals surface area contributed by atoms with E-state index in [-0.39, 0.29) is 0 Å². The molecule has 0 spiro atoms. The van der Waals surface area contributed by atoms with Gasteiger partial charge in [-0.1, -0.05) is 30.3 Å². The summed E-state index contributed by atoms with van der Waals surface area (Å²) in [5, 5.41) is 10.4. The van der Waals surface area contributed by atoms with Crippen molar-refractivity contribution in [2.75, 3.05) is 7.11 Å². The summed E-state index contributed by atoms with van der Waals surface area (Å²) in [5.74, 6) is 0. The smallest absolute Gasteiger partial charge is 0.100 e. The van der Waals surface area contributed by atoms with Crippen LogP contribution in [0.1, 0.15) is 42.9 Å². The lowest BCUT2D eigenvalue weighted by molar-refractivity contribution is 0.174. The van der Waals surface area contributed by atoms with E-state index in [1.54, 1.807) is 7.11 Å². The van der Waals surface area contributed by atoms with E-state index in [4.69, 9.17) is 4.74 Å². The molecule has 0 aromatic heterocycles. The summed E-state index contributed by atoms with van der Waals surface area (Å²) < 4.78 is 5.18. The zero-order valence-corrected chi connectivity index (χ0v) is 10.4. The Morgan fingerprint density at radius 3 is 2.82 bits per heavy atom. The molecule has 1 aliphatic carbocycles. The second kappa shape index (κ2) is 5.99. The van der Waals surface area contributed by atoms with Crippen LogP contribution in [0.2, 0.25) is 0 Å². The molecule has 17 heavy (non-hydrogen) atoms. The number of aliphatic hydroxyl groups excluding tert-OH is 1. The van der Waals surface area contributed by atoms with E-state index in [9.17, 15) is 5.11 Å². The average Bonchev–Trinajstić information content (AvgIpc) is 2.40. The third-order valence-corrected chi connectivity index (χ3v) is 3.33. The predicted molar refractivity (Wildman–Crippen MR) is 68.7 cm³/mol. The molecule has 92 valence electrons. The highest BCUT2D eigenvalue weighted by atomic mass is 16.5. The maximum absolute atomic E-state index is 10.4. The molecule has 0 heterocycles. The normalized spacial score (nSPS) is 17.6. The van der Waals surface area contributed by atoms with Gasteiger partial charge >= 0.3 is 0 Å². The van der Waals surface area contributed by atoms with Crippen molar-refractivity contribution in [1.29, 1.82) is 0 Å². The number of aliphatic hydroxyl groups is 1. The lowest BCUT2D eigenvalue weighted by Crippen LogP contribution is -2.08. The minimum absolute atomic E-state index is 0.457. The maximum Gasteiger partial charge on any atom is 0.100 e. The van der Waals surface area contributed by atoms with Gasteiger partial charge in [0.1, 0.15) is 6.10 Å². The highest BCUT2D eigenvalue weighted by Gasteiger charge is 2.17. The first kappa shape index (κ1) is 12.3. The van der Waals surface area contributed by atoms with Crippen LogP contribution < -0.4 is 0 Å². The first-order chi connectivity index (χ1) is 8.33. The number of methoxy groups -OCH3 is 1. The van der Waals surface area contributed by atoms with Gasteiger partial charge in [-0.05, 0) is 42.4 Å². The first-order valence-corrected chi connectivity index (χ1v) is 6.26. The molecule has 0 amide bonds. The van der Waals surface area contributed by atoms with E-state index in [2.05, 4.69) is 6.08 Å². The van der Waals surface area contributed by atoms with Crippen molar-refractivity contribution in [3.05, 3.63) is 47.0 Å². The standard InChI is InChI=1S/C15H20O2/c1-17-11-13-9-5-6-10-14(13)15(16)12-7-3-2-4-8-12/h5-7,9-10,15-16H,2-4,8,11H2,1H3. The first-order valence-electron chi connectivity index (χ1n) is 6.26. The molecule has 0 aliphatic heterocycles. The van der Waals surface area contributed by atoms with Gasteiger partial charge in [-0.2, -0.15) is 0 Å². The van der Waals surface area contributed by atoms with Gasteiger partial charge < -0.3 is 9.84 Å². The fourth-order valence-electron chi connectivity index (χ4n) is 2.40. The van der Waals surface area contributed by atoms with E-state index in [1.807, 2.05) is 24.3 Å². The highest BCUT2D eigenvalue weighted by molar-refractivity contribution is 5.34. The van der Waals surface area contributed by atoms with Crippen LogP contribution in [0.25, 0.3) is 0 Å². The Hall–Kier alpha value is -1.12. The van der Waals surface area contributed by atoms with Gasteiger partial charge in [-0.15, -0.1) is 0 Å². The summed E-state index contributed by atoms with van der Waals surface area (Å²) in [4.78, 5) is 0. The van der Waals surface area contributed by atoms with E-state index < -0.39 is 6.10 Å². The molecule has 1 aromatic rings. The zero-order valence-electron chi connectivity index (χ0n) is 10.4. The van der Waals surface area contributed by atoms with Crippen LogP contribution >= 0.6 is 0 Å². The zero-order chi connectivity index (χ0) is 12.1. The number of benzene rings is 1. The van der Waals surface area contributed by atoms with Crippen LogP contribution in [0, 0.1) is 0 Å². The van der Waals surface area contributed by atoms with Gasteiger partial charge in [0, 0.05) is 7.11 Å². The Labute approximate surface area is 103 Å². The van der Waals surface area contributed by atoms with Crippen molar-refractivity contribution in [3.63, 3.8) is 0 Å². The molecule has 0 fully saturated rings. The molecule has 0 saturated carbocycles. The Morgan fingerprint density at radius 2 is 2.12 bits per heavy atom. The van der Waals surface area contributed by atoms with Gasteiger partial charge in [0.25, 0.3) is 0 Å². The molecule has 0 radical (unpaired) electrons. The van der Waals surface area contributed by atoms with Crippen molar-refractivity contribution < 1.29 is 9.84 Å². The van der Waals surface area contributed by atoms with Crippen LogP contribution in [-0.2, 0) is 11.3 Å². The lowest BCUT2D eigenvalue weighted by atomic mass is 9.90. The second-order valence-electron chi connectivity index (χ2n) is 4.56. The van der Waals surface area contributed by atoms with E-state index in [0.717, 1.165) is 24.0 Å². The summed E-state index contributed by atoms with van der Waals surface area (Å²) in [6, 6.07) is 7.97. The largest absolute Gasteiger partial charge is 0.384 e. The third kappa shape index (κ3) is 2.96. The molecule has 0 bridgehead atoms. The fourth-order valence-corrected chi connectivity index (χ4v) is 2.40. The van der Waals surface area contributed by atoms with Crippen molar-refractivity contribution in [1.82, 2.24) is 0 Å². The third-order valence-electron chi connectivity index (χ3n) is 3.33. The van der Waals surface area contributed by atoms with Crippen LogP contribution in [0.15, 0.2) is 35.9 Å². The molecule has 2 rings (SSSR count). The summed E-state index contributed by atoms with van der Waals surface area (Å²) in [6.45, 7) is 0.556. The SMILES string of the molecule is COCc1ccccc1C(O)C1=CCCCC1. The van der Waals surface area contributed by atoms with E-state index in [0.29, 0.717) is 6.61 Å². The number of rotatable bonds is 4. The number of hydrogen-bond acceptors (Lipinski definition) is 2. The number of allylic oxidation sites excluding steroid dienone is 1. The van der Waals surface area contributed by atoms with Crippen LogP contribution in [0.4, 0.5) is 0 Å². The summed E-state index contributed by atoms with van der Waals surface area (Å²) in [5.41, 5.74) is 3.23. The average molecular weight is 232 g/mol. The minimum Gasteiger partial charge on any atom is -0.384 e. The van der Waals surface area contributed by atoms with E-state index >= 15 is 0 Å². The highest BCUT2D eigenvalue weighted by Crippen LogP contribution is 2.31. The minimum atomic E-state index is -0.457. The van der Waals surface area contributed by atoms with Gasteiger partial charge in [0.05, 0.1) is 6.61 Å². The van der Waals surface area contributed by atoms with Crippen molar-refractivity contribution in [2.45, 2.75) is 38.4 Å². The van der Waals surface area contributed by atoms with E-state index in [1.165, 1.54) is 18.4 Å². The molecule has 2 heteroatoms. The molecule has 2 nitrogen and oxygen atoms in total. The molecule has 1 atom stereocenters. The molecule has 1 aliphatic rings. The van der Waals surface area contributed by atoms with Gasteiger partial charge in [-0.3, -0.25) is 0 Å². The number of ether oxygens (including phenoxy) is 1. The van der Waals surface area contributed by atoms with Crippen LogP contribution in [-0.4, -0.2) is 12.2 Å². The Kier molecular flexibility index (Phi) is 4.35. The maximum atomic E-state index is 10.4. The van der Waals surface area contributed by atoms with Gasteiger partial charge in [-0.25, -0.2) is 0 Å². The quantitative estimate of drug-likeness (QED) is 0.806. The number of hydrogen-bond donors (Lipinski definition) is 1. The fraction of sp³-hybridized carbons (Fsp3) is 0.467. The topological polar surface area (TPSA) is 29.5 Å². The van der Waals surface area contributed by atoms with Gasteiger partial charge in [0.15, 0.2) is 0 Å². The summed E-state index contributed by atoms with van der Waals surface area (Å²) >= 11 is 0. The molecule has 0 saturated heterocycles. The lowest BCUT2D eigenvalue weighted by Gasteiger charge is -2.21. The second-order valence-corrected chi connectivity index (χ2v) is 4.56. The van der Waals surface area contributed by atoms with Crippen LogP contribution in [0.5, 0.6) is 0 Å². The predicted octanol–water partition coefficient (Wildman–Crippen LogP) is 3.37. The van der Waals surface area contributed by atoms with Crippen molar-refractivity contribution in [3.8, 4) is 0 Å². The molecule has 1 aromatic carbocycles. The Morgan fingerprint density at radius 1 is 1.29 bits per heavy atom. The molecule has 1 N–H and O–H groups in total. The molecule has 1 unspecified atom stereocenters. The monoisotopic (exact) mass is 232 g/mol. The van der Waals surface area contributed by atoms with Gasteiger partial charge in [0.2, 0.25) is 0 Å². The summed E-state index contributed by atoms with van der Waals surface area (Å²) in [6.07, 6.45) is 6.28. The molecular formula is C15H20O2. The molecular weight excluding hydrogens is 212 g/mol. The van der Waals surface area contributed by atoms with Crippen LogP contribution in [0.3, 0.4) is 0 Å². The van der Waals surface area contributed by atoms with Crippen molar-refractivity contribution in [2.24, 2.45) is 0 Å². The Balaban J connectivity index is 2.23. The van der Waals surface area contributed by atoms with Crippen molar-refractivity contribution >= 4 is 0 Å². The Bertz CT molecular complexity index is 396. The summed E-state index contributed by atoms with van der Waals surface area (Å²) in [7, 11) is 1.68.